The molecule has 1 heterocycles. The van der Waals surface area contributed by atoms with Crippen LogP contribution in [-0.4, -0.2) is 111 Å². The van der Waals surface area contributed by atoms with E-state index < -0.39 is 28.1 Å². The highest BCUT2D eigenvalue weighted by molar-refractivity contribution is 5.52. The number of hydrogen-bond acceptors (Lipinski definition) is 9. The van der Waals surface area contributed by atoms with Gasteiger partial charge >= 0.3 is 0 Å². The van der Waals surface area contributed by atoms with Gasteiger partial charge in [0, 0.05) is 80.4 Å². The molecule has 9 heteroatoms. The first-order valence-corrected chi connectivity index (χ1v) is 15.3. The van der Waals surface area contributed by atoms with Crippen molar-refractivity contribution in [2.45, 2.75) is 74.1 Å². The van der Waals surface area contributed by atoms with Crippen LogP contribution in [0.4, 0.5) is 0 Å². The summed E-state index contributed by atoms with van der Waals surface area (Å²) in [4.78, 5) is 2.48. The van der Waals surface area contributed by atoms with Gasteiger partial charge in [-0.3, -0.25) is 4.90 Å². The third kappa shape index (κ3) is 3.07. The van der Waals surface area contributed by atoms with Gasteiger partial charge < -0.3 is 39.0 Å². The number of aliphatic hydroxyl groups excluding tert-OH is 1. The number of benzene rings is 1. The van der Waals surface area contributed by atoms with E-state index in [1.807, 2.05) is 18.2 Å². The number of aliphatic hydroxyl groups is 3. The molecule has 0 unspecified atom stereocenters. The van der Waals surface area contributed by atoms with Crippen molar-refractivity contribution in [2.24, 2.45) is 34.5 Å². The van der Waals surface area contributed by atoms with Gasteiger partial charge in [-0.05, 0) is 37.8 Å². The predicted molar refractivity (Wildman–Crippen MR) is 150 cm³/mol. The van der Waals surface area contributed by atoms with E-state index in [0.717, 1.165) is 12.1 Å². The lowest BCUT2D eigenvalue weighted by molar-refractivity contribution is -0.289. The number of likely N-dealkylation sites (tertiary alicyclic amines) is 1. The highest BCUT2D eigenvalue weighted by Gasteiger charge is 2.88. The predicted octanol–water partition coefficient (Wildman–Crippen LogP) is 2.06. The van der Waals surface area contributed by atoms with Crippen LogP contribution in [0.25, 0.3) is 0 Å². The van der Waals surface area contributed by atoms with E-state index in [-0.39, 0.29) is 47.8 Å². The van der Waals surface area contributed by atoms with Gasteiger partial charge in [0.25, 0.3) is 0 Å². The zero-order chi connectivity index (χ0) is 29.1. The van der Waals surface area contributed by atoms with Crippen molar-refractivity contribution in [2.75, 3.05) is 55.2 Å². The van der Waals surface area contributed by atoms with Crippen molar-refractivity contribution >= 4 is 0 Å². The van der Waals surface area contributed by atoms with Crippen molar-refractivity contribution in [3.63, 3.8) is 0 Å². The quantitative estimate of drug-likeness (QED) is 0.431. The number of methoxy groups -OCH3 is 5. The van der Waals surface area contributed by atoms with Gasteiger partial charge in [-0.2, -0.15) is 0 Å². The fourth-order valence-electron chi connectivity index (χ4n) is 12.3. The Kier molecular flexibility index (Phi) is 6.40. The Balaban J connectivity index is 1.51. The van der Waals surface area contributed by atoms with Crippen LogP contribution in [0.5, 0.6) is 11.5 Å². The molecule has 1 aromatic carbocycles. The number of para-hydroxylation sites is 1. The largest absolute Gasteiger partial charge is 0.493 e. The molecule has 6 aliphatic rings. The minimum atomic E-state index is -1.08. The van der Waals surface area contributed by atoms with Crippen LogP contribution in [-0.2, 0) is 14.2 Å². The number of ether oxygens (including phenoxy) is 5. The Morgan fingerprint density at radius 2 is 1.78 bits per heavy atom. The van der Waals surface area contributed by atoms with Gasteiger partial charge in [0.05, 0.1) is 50.3 Å². The van der Waals surface area contributed by atoms with Crippen LogP contribution < -0.4 is 9.47 Å². The smallest absolute Gasteiger partial charge is 0.164 e. The zero-order valence-electron chi connectivity index (χ0n) is 25.2. The fourth-order valence-corrected chi connectivity index (χ4v) is 12.3. The van der Waals surface area contributed by atoms with Crippen molar-refractivity contribution in [1.82, 2.24) is 4.90 Å². The Bertz CT molecular complexity index is 1200. The molecule has 13 atom stereocenters. The lowest BCUT2D eigenvalue weighted by Crippen LogP contribution is -2.78. The second-order valence-electron chi connectivity index (χ2n) is 13.8. The summed E-state index contributed by atoms with van der Waals surface area (Å²) in [5.41, 5.74) is -2.24. The summed E-state index contributed by atoms with van der Waals surface area (Å²) in [7, 11) is 8.50. The number of nitrogens with zero attached hydrogens (tertiary/aromatic N) is 1. The highest BCUT2D eigenvalue weighted by atomic mass is 16.5. The molecule has 7 bridgehead atoms. The van der Waals surface area contributed by atoms with Gasteiger partial charge in [-0.15, -0.1) is 0 Å². The van der Waals surface area contributed by atoms with E-state index in [0.29, 0.717) is 50.3 Å². The van der Waals surface area contributed by atoms with Crippen molar-refractivity contribution in [3.05, 3.63) is 23.8 Å². The van der Waals surface area contributed by atoms with Crippen molar-refractivity contribution < 1.29 is 39.0 Å². The summed E-state index contributed by atoms with van der Waals surface area (Å²) in [6.45, 7) is 4.04. The van der Waals surface area contributed by atoms with Crippen molar-refractivity contribution in [3.8, 4) is 11.5 Å². The maximum absolute atomic E-state index is 13.2. The van der Waals surface area contributed by atoms with Crippen LogP contribution >= 0.6 is 0 Å². The van der Waals surface area contributed by atoms with E-state index in [1.165, 1.54) is 0 Å². The zero-order valence-corrected chi connectivity index (χ0v) is 25.2. The molecule has 1 saturated heterocycles. The number of piperidine rings is 1. The number of fused-ring (bicyclic) bond motifs is 2. The first kappa shape index (κ1) is 28.3. The molecule has 7 rings (SSSR count). The summed E-state index contributed by atoms with van der Waals surface area (Å²) in [6.07, 6.45) is 0.885. The van der Waals surface area contributed by atoms with Gasteiger partial charge in [-0.1, -0.05) is 19.1 Å². The summed E-state index contributed by atoms with van der Waals surface area (Å²) in [5, 5.41) is 37.8. The Labute approximate surface area is 243 Å². The molecule has 1 spiro atoms. The van der Waals surface area contributed by atoms with Crippen LogP contribution in [0.3, 0.4) is 0 Å². The van der Waals surface area contributed by atoms with E-state index in [4.69, 9.17) is 23.7 Å². The molecule has 0 amide bonds. The van der Waals surface area contributed by atoms with Crippen LogP contribution in [0.2, 0.25) is 0 Å². The van der Waals surface area contributed by atoms with Gasteiger partial charge in [-0.25, -0.2) is 0 Å². The van der Waals surface area contributed by atoms with E-state index >= 15 is 0 Å². The first-order valence-electron chi connectivity index (χ1n) is 15.3. The molecule has 6 fully saturated rings. The summed E-state index contributed by atoms with van der Waals surface area (Å²) < 4.78 is 30.4. The van der Waals surface area contributed by atoms with Crippen LogP contribution in [0.1, 0.15) is 44.1 Å². The lowest BCUT2D eigenvalue weighted by Gasteiger charge is -2.70. The molecular weight excluding hydrogens is 526 g/mol. The molecule has 1 aromatic rings. The summed E-state index contributed by atoms with van der Waals surface area (Å²) >= 11 is 0. The van der Waals surface area contributed by atoms with Crippen LogP contribution in [0, 0.1) is 34.5 Å². The van der Waals surface area contributed by atoms with Gasteiger partial charge in [0.2, 0.25) is 0 Å². The molecular formula is C32H47NO8. The summed E-state index contributed by atoms with van der Waals surface area (Å²) in [5.74, 6) is 0.294. The topological polar surface area (TPSA) is 110 Å². The molecule has 41 heavy (non-hydrogen) atoms. The fraction of sp³-hybridized carbons (Fsp3) is 0.812. The molecule has 5 aliphatic carbocycles. The highest BCUT2D eigenvalue weighted by Crippen LogP contribution is 2.81. The average Bonchev–Trinajstić information content (AvgIpc) is 3.36. The molecule has 0 aromatic heterocycles. The lowest BCUT2D eigenvalue weighted by atomic mass is 9.42. The monoisotopic (exact) mass is 573 g/mol. The number of rotatable bonds is 8. The standard InChI is InChI=1S/C32H47NO8/c1-7-33-15-29(16-37-2)20(34)13-21(39-4)32-18-14-30(35)11-12-31(36,24(28(32)33)26(41-6)27(29)32)23(18)22(30)17-9-8-10-19(38-3)25(17)40-5/h8-10,18,20-24,26-28,34-36H,7,11-16H2,1-6H3/t18-,20-,21+,22-,23-,24+,26+,27-,28-,29+,30-,31-,32+/m1/s1. The van der Waals surface area contributed by atoms with Crippen LogP contribution in [0.15, 0.2) is 18.2 Å². The molecule has 0 radical (unpaired) electrons. The first-order chi connectivity index (χ1) is 19.7. The minimum absolute atomic E-state index is 0.00411. The second-order valence-corrected chi connectivity index (χ2v) is 13.8. The van der Waals surface area contributed by atoms with E-state index in [2.05, 4.69) is 11.8 Å². The molecule has 9 nitrogen and oxygen atoms in total. The SMILES string of the molecule is CCN1C[C@]2(COC)[C@H](O)C[C@H](OC)[C@@]34[C@@H]5C[C@]6(O)CC[C@@](O)([C@H]5[C@H]6c5cccc(OC)c5OC)[C@@H]([C@H](OC)[C@H]23)[C@@H]14. The average molecular weight is 574 g/mol. The normalized spacial score (nSPS) is 51.1. The maximum Gasteiger partial charge on any atom is 0.164 e. The van der Waals surface area contributed by atoms with Gasteiger partial charge in [0.1, 0.15) is 0 Å². The van der Waals surface area contributed by atoms with E-state index in [1.54, 1.807) is 35.5 Å². The minimum Gasteiger partial charge on any atom is -0.493 e. The third-order valence-electron chi connectivity index (χ3n) is 13.1. The molecule has 1 aliphatic heterocycles. The van der Waals surface area contributed by atoms with Gasteiger partial charge in [0.15, 0.2) is 11.5 Å². The Morgan fingerprint density at radius 3 is 2.41 bits per heavy atom. The second kappa shape index (κ2) is 9.27. The summed E-state index contributed by atoms with van der Waals surface area (Å²) in [6, 6.07) is 5.86. The maximum atomic E-state index is 13.2. The van der Waals surface area contributed by atoms with E-state index in [9.17, 15) is 15.3 Å². The number of hydrogen-bond donors (Lipinski definition) is 3. The molecule has 228 valence electrons. The Hall–Kier alpha value is -1.46. The third-order valence-corrected chi connectivity index (χ3v) is 13.1. The van der Waals surface area contributed by atoms with Crippen molar-refractivity contribution in [1.29, 1.82) is 0 Å². The molecule has 3 N–H and O–H groups in total. The molecule has 5 saturated carbocycles. The Morgan fingerprint density at radius 1 is 1.00 bits per heavy atom.